The molecule has 0 radical (unpaired) electrons. The Morgan fingerprint density at radius 2 is 2.05 bits per heavy atom. The van der Waals surface area contributed by atoms with Crippen molar-refractivity contribution in [1.82, 2.24) is 9.80 Å². The average molecular weight is 306 g/mol. The van der Waals surface area contributed by atoms with Gasteiger partial charge in [-0.1, -0.05) is 12.1 Å². The summed E-state index contributed by atoms with van der Waals surface area (Å²) in [6.45, 7) is 2.94. The van der Waals surface area contributed by atoms with Gasteiger partial charge < -0.3 is 14.4 Å². The molecule has 1 aromatic carbocycles. The second-order valence-electron chi connectivity index (χ2n) is 5.81. The van der Waals surface area contributed by atoms with Crippen LogP contribution >= 0.6 is 0 Å². The molecule has 1 heterocycles. The van der Waals surface area contributed by atoms with E-state index in [0.29, 0.717) is 19.2 Å². The third kappa shape index (κ3) is 4.71. The van der Waals surface area contributed by atoms with E-state index in [1.807, 2.05) is 31.3 Å². The predicted octanol–water partition coefficient (Wildman–Crippen LogP) is 1.76. The molecule has 0 atom stereocenters. The first-order chi connectivity index (χ1) is 10.6. The van der Waals surface area contributed by atoms with E-state index in [-0.39, 0.29) is 5.91 Å². The van der Waals surface area contributed by atoms with E-state index in [9.17, 15) is 4.79 Å². The Kier molecular flexibility index (Phi) is 6.21. The van der Waals surface area contributed by atoms with Crippen molar-refractivity contribution < 1.29 is 14.3 Å². The molecule has 0 spiro atoms. The third-order valence-electron chi connectivity index (χ3n) is 4.21. The molecular weight excluding hydrogens is 280 g/mol. The Hall–Kier alpha value is -1.59. The van der Waals surface area contributed by atoms with Crippen molar-refractivity contribution in [2.75, 3.05) is 40.9 Å². The maximum Gasteiger partial charge on any atom is 0.236 e. The highest BCUT2D eigenvalue weighted by Gasteiger charge is 2.21. The summed E-state index contributed by atoms with van der Waals surface area (Å²) in [5.74, 6) is 0.971. The van der Waals surface area contributed by atoms with Gasteiger partial charge in [0.15, 0.2) is 0 Å². The molecule has 22 heavy (non-hydrogen) atoms. The largest absolute Gasteiger partial charge is 0.497 e. The van der Waals surface area contributed by atoms with Crippen LogP contribution in [0.3, 0.4) is 0 Å². The lowest BCUT2D eigenvalue weighted by Crippen LogP contribution is -2.43. The monoisotopic (exact) mass is 306 g/mol. The van der Waals surface area contributed by atoms with Crippen LogP contribution < -0.4 is 4.74 Å². The van der Waals surface area contributed by atoms with Crippen LogP contribution in [0.1, 0.15) is 18.4 Å². The van der Waals surface area contributed by atoms with Crippen molar-refractivity contribution in [2.24, 2.45) is 0 Å². The highest BCUT2D eigenvalue weighted by atomic mass is 16.5. The number of hydrogen-bond donors (Lipinski definition) is 0. The second-order valence-corrected chi connectivity index (χ2v) is 5.81. The first kappa shape index (κ1) is 16.8. The lowest BCUT2D eigenvalue weighted by molar-refractivity contribution is -0.132. The molecule has 1 amide bonds. The summed E-state index contributed by atoms with van der Waals surface area (Å²) in [5, 5.41) is 0. The molecule has 1 aliphatic heterocycles. The van der Waals surface area contributed by atoms with E-state index in [0.717, 1.165) is 37.2 Å². The maximum atomic E-state index is 12.3. The minimum absolute atomic E-state index is 0.152. The van der Waals surface area contributed by atoms with Crippen LogP contribution in [0, 0.1) is 0 Å². The van der Waals surface area contributed by atoms with E-state index in [1.54, 1.807) is 19.1 Å². The molecule has 0 unspecified atom stereocenters. The molecule has 1 aromatic rings. The number of carbonyl (C=O) groups is 1. The van der Waals surface area contributed by atoms with Crippen LogP contribution in [0.25, 0.3) is 0 Å². The van der Waals surface area contributed by atoms with Gasteiger partial charge in [-0.2, -0.15) is 0 Å². The van der Waals surface area contributed by atoms with Crippen LogP contribution in [0.5, 0.6) is 5.75 Å². The van der Waals surface area contributed by atoms with Crippen molar-refractivity contribution >= 4 is 5.91 Å². The fourth-order valence-corrected chi connectivity index (χ4v) is 2.75. The van der Waals surface area contributed by atoms with Gasteiger partial charge in [-0.3, -0.25) is 9.69 Å². The van der Waals surface area contributed by atoms with Crippen LogP contribution in [0.4, 0.5) is 0 Å². The van der Waals surface area contributed by atoms with E-state index in [2.05, 4.69) is 4.90 Å². The van der Waals surface area contributed by atoms with Gasteiger partial charge in [0.25, 0.3) is 0 Å². The number of likely N-dealkylation sites (N-methyl/N-ethyl adjacent to an activating group) is 1. The Morgan fingerprint density at radius 3 is 2.68 bits per heavy atom. The van der Waals surface area contributed by atoms with E-state index < -0.39 is 0 Å². The molecule has 2 rings (SSSR count). The average Bonchev–Trinajstić information content (AvgIpc) is 2.55. The zero-order chi connectivity index (χ0) is 15.9. The molecule has 5 nitrogen and oxygen atoms in total. The number of piperidine rings is 1. The molecule has 122 valence electrons. The molecule has 0 aliphatic carbocycles. The van der Waals surface area contributed by atoms with Gasteiger partial charge in [0.05, 0.1) is 19.8 Å². The van der Waals surface area contributed by atoms with Gasteiger partial charge >= 0.3 is 0 Å². The van der Waals surface area contributed by atoms with Crippen LogP contribution in [0.15, 0.2) is 24.3 Å². The maximum absolute atomic E-state index is 12.3. The Bertz CT molecular complexity index is 485. The van der Waals surface area contributed by atoms with Crippen molar-refractivity contribution in [3.05, 3.63) is 29.8 Å². The molecule has 1 aliphatic rings. The normalized spacial score (nSPS) is 16.5. The molecule has 1 fully saturated rings. The fraction of sp³-hybridized carbons (Fsp3) is 0.588. The van der Waals surface area contributed by atoms with Crippen LogP contribution in [-0.4, -0.2) is 62.7 Å². The van der Waals surface area contributed by atoms with Gasteiger partial charge in [-0.25, -0.2) is 0 Å². The van der Waals surface area contributed by atoms with Gasteiger partial charge in [-0.05, 0) is 30.5 Å². The SMILES string of the molecule is COc1cccc(CN(C)C(=O)CN2CCC(OC)CC2)c1. The summed E-state index contributed by atoms with van der Waals surface area (Å²) >= 11 is 0. The van der Waals surface area contributed by atoms with E-state index >= 15 is 0 Å². The van der Waals surface area contributed by atoms with Crippen molar-refractivity contribution in [3.8, 4) is 5.75 Å². The number of likely N-dealkylation sites (tertiary alicyclic amines) is 1. The lowest BCUT2D eigenvalue weighted by atomic mass is 10.1. The topological polar surface area (TPSA) is 42.0 Å². The first-order valence-corrected chi connectivity index (χ1v) is 7.74. The quantitative estimate of drug-likeness (QED) is 0.803. The minimum Gasteiger partial charge on any atom is -0.497 e. The highest BCUT2D eigenvalue weighted by molar-refractivity contribution is 5.78. The molecule has 0 bridgehead atoms. The number of rotatable bonds is 6. The van der Waals surface area contributed by atoms with Crippen molar-refractivity contribution in [1.29, 1.82) is 0 Å². The number of methoxy groups -OCH3 is 2. The lowest BCUT2D eigenvalue weighted by Gasteiger charge is -2.31. The van der Waals surface area contributed by atoms with Gasteiger partial charge in [0.1, 0.15) is 5.75 Å². The molecule has 5 heteroatoms. The number of carbonyl (C=O) groups excluding carboxylic acids is 1. The number of benzene rings is 1. The third-order valence-corrected chi connectivity index (χ3v) is 4.21. The summed E-state index contributed by atoms with van der Waals surface area (Å²) in [6, 6.07) is 7.83. The first-order valence-electron chi connectivity index (χ1n) is 7.74. The molecule has 0 aromatic heterocycles. The molecule has 0 saturated carbocycles. The summed E-state index contributed by atoms with van der Waals surface area (Å²) in [4.78, 5) is 16.3. The molecule has 0 N–H and O–H groups in total. The zero-order valence-corrected chi connectivity index (χ0v) is 13.7. The summed E-state index contributed by atoms with van der Waals surface area (Å²) < 4.78 is 10.6. The van der Waals surface area contributed by atoms with Crippen molar-refractivity contribution in [2.45, 2.75) is 25.5 Å². The Labute approximate surface area is 132 Å². The number of nitrogens with zero attached hydrogens (tertiary/aromatic N) is 2. The highest BCUT2D eigenvalue weighted by Crippen LogP contribution is 2.15. The number of ether oxygens (including phenoxy) is 2. The zero-order valence-electron chi connectivity index (χ0n) is 13.7. The fourth-order valence-electron chi connectivity index (χ4n) is 2.75. The van der Waals surface area contributed by atoms with Crippen LogP contribution in [0.2, 0.25) is 0 Å². The van der Waals surface area contributed by atoms with Gasteiger partial charge in [0.2, 0.25) is 5.91 Å². The van der Waals surface area contributed by atoms with Gasteiger partial charge in [0, 0.05) is 33.8 Å². The Balaban J connectivity index is 1.82. The number of hydrogen-bond acceptors (Lipinski definition) is 4. The van der Waals surface area contributed by atoms with Crippen LogP contribution in [-0.2, 0) is 16.1 Å². The second kappa shape index (κ2) is 8.15. The molecule has 1 saturated heterocycles. The summed E-state index contributed by atoms with van der Waals surface area (Å²) in [5.41, 5.74) is 1.08. The van der Waals surface area contributed by atoms with Gasteiger partial charge in [-0.15, -0.1) is 0 Å². The minimum atomic E-state index is 0.152. The summed E-state index contributed by atoms with van der Waals surface area (Å²) in [7, 11) is 5.26. The predicted molar refractivity (Wildman–Crippen MR) is 85.9 cm³/mol. The standard InChI is InChI=1S/C17H26N2O3/c1-18(12-14-5-4-6-16(11-14)22-3)17(20)13-19-9-7-15(21-2)8-10-19/h4-6,11,15H,7-10,12-13H2,1-3H3. The molecular formula is C17H26N2O3. The van der Waals surface area contributed by atoms with Crippen molar-refractivity contribution in [3.63, 3.8) is 0 Å². The summed E-state index contributed by atoms with van der Waals surface area (Å²) in [6.07, 6.45) is 2.35. The number of amides is 1. The smallest absolute Gasteiger partial charge is 0.236 e. The van der Waals surface area contributed by atoms with E-state index in [4.69, 9.17) is 9.47 Å². The Morgan fingerprint density at radius 1 is 1.32 bits per heavy atom. The van der Waals surface area contributed by atoms with E-state index in [1.165, 1.54) is 0 Å².